The van der Waals surface area contributed by atoms with E-state index in [0.717, 1.165) is 11.3 Å². The third kappa shape index (κ3) is 5.83. The minimum Gasteiger partial charge on any atom is -0.494 e. The van der Waals surface area contributed by atoms with Gasteiger partial charge in [0.05, 0.1) is 26.2 Å². The van der Waals surface area contributed by atoms with Gasteiger partial charge >= 0.3 is 5.97 Å². The maximum absolute atomic E-state index is 11.8. The lowest BCUT2D eigenvalue weighted by atomic mass is 9.99. The highest BCUT2D eigenvalue weighted by molar-refractivity contribution is 5.79. The Labute approximate surface area is 124 Å². The van der Waals surface area contributed by atoms with Gasteiger partial charge in [0.2, 0.25) is 5.91 Å². The molecule has 0 aliphatic rings. The second-order valence-electron chi connectivity index (χ2n) is 4.51. The van der Waals surface area contributed by atoms with Crippen molar-refractivity contribution in [2.24, 2.45) is 11.7 Å². The summed E-state index contributed by atoms with van der Waals surface area (Å²) in [6.45, 7) is 2.63. The molecule has 0 fully saturated rings. The minimum absolute atomic E-state index is 0.100. The molecule has 0 spiro atoms. The molecule has 0 radical (unpaired) electrons. The maximum atomic E-state index is 11.8. The van der Waals surface area contributed by atoms with E-state index in [2.05, 4.69) is 5.32 Å². The third-order valence-electron chi connectivity index (χ3n) is 2.98. The lowest BCUT2D eigenvalue weighted by molar-refractivity contribution is -0.145. The van der Waals surface area contributed by atoms with E-state index >= 15 is 0 Å². The van der Waals surface area contributed by atoms with E-state index in [-0.39, 0.29) is 25.0 Å². The molecule has 0 aliphatic heterocycles. The van der Waals surface area contributed by atoms with Gasteiger partial charge in [-0.3, -0.25) is 9.59 Å². The summed E-state index contributed by atoms with van der Waals surface area (Å²) in [5.41, 5.74) is 6.19. The first kappa shape index (κ1) is 17.0. The molecule has 3 N–H and O–H groups in total. The van der Waals surface area contributed by atoms with Crippen molar-refractivity contribution >= 4 is 11.9 Å². The van der Waals surface area contributed by atoms with Crippen LogP contribution in [0.2, 0.25) is 0 Å². The van der Waals surface area contributed by atoms with Crippen LogP contribution in [0.15, 0.2) is 24.3 Å². The Balaban J connectivity index is 2.66. The zero-order valence-corrected chi connectivity index (χ0v) is 12.4. The molecule has 1 rings (SSSR count). The van der Waals surface area contributed by atoms with Gasteiger partial charge in [0.1, 0.15) is 5.75 Å². The Morgan fingerprint density at radius 2 is 1.95 bits per heavy atom. The molecule has 1 atom stereocenters. The topological polar surface area (TPSA) is 90.6 Å². The summed E-state index contributed by atoms with van der Waals surface area (Å²) in [6, 6.07) is 7.49. The van der Waals surface area contributed by atoms with Crippen LogP contribution in [0.4, 0.5) is 0 Å². The average Bonchev–Trinajstić information content (AvgIpc) is 2.52. The molecule has 1 unspecified atom stereocenters. The zero-order chi connectivity index (χ0) is 15.7. The van der Waals surface area contributed by atoms with E-state index in [4.69, 9.17) is 15.2 Å². The third-order valence-corrected chi connectivity index (χ3v) is 2.98. The van der Waals surface area contributed by atoms with Gasteiger partial charge in [-0.1, -0.05) is 12.1 Å². The molecule has 0 saturated carbocycles. The van der Waals surface area contributed by atoms with Gasteiger partial charge in [-0.2, -0.15) is 0 Å². The van der Waals surface area contributed by atoms with Crippen molar-refractivity contribution in [1.82, 2.24) is 5.32 Å². The monoisotopic (exact) mass is 294 g/mol. The Kier molecular flexibility index (Phi) is 7.25. The fraction of sp³-hybridized carbons (Fsp3) is 0.467. The predicted molar refractivity (Wildman–Crippen MR) is 78.9 cm³/mol. The van der Waals surface area contributed by atoms with Gasteiger partial charge in [-0.25, -0.2) is 0 Å². The van der Waals surface area contributed by atoms with Crippen molar-refractivity contribution in [2.45, 2.75) is 13.3 Å². The number of hydrogen-bond acceptors (Lipinski definition) is 5. The fourth-order valence-electron chi connectivity index (χ4n) is 1.89. The molecule has 0 bridgehead atoms. The van der Waals surface area contributed by atoms with E-state index in [1.165, 1.54) is 7.11 Å². The summed E-state index contributed by atoms with van der Waals surface area (Å²) >= 11 is 0. The number of amides is 1. The summed E-state index contributed by atoms with van der Waals surface area (Å²) in [6.07, 6.45) is 0.476. The van der Waals surface area contributed by atoms with Gasteiger partial charge < -0.3 is 20.5 Å². The number of nitrogens with one attached hydrogen (secondary N) is 1. The highest BCUT2D eigenvalue weighted by Crippen LogP contribution is 2.15. The van der Waals surface area contributed by atoms with E-state index in [1.54, 1.807) is 0 Å². The van der Waals surface area contributed by atoms with Crippen molar-refractivity contribution in [2.75, 3.05) is 26.8 Å². The number of hydrogen-bond donors (Lipinski definition) is 2. The highest BCUT2D eigenvalue weighted by atomic mass is 16.5. The summed E-state index contributed by atoms with van der Waals surface area (Å²) in [5, 5.41) is 2.61. The van der Waals surface area contributed by atoms with Crippen LogP contribution in [0.3, 0.4) is 0 Å². The van der Waals surface area contributed by atoms with Crippen molar-refractivity contribution in [3.05, 3.63) is 29.8 Å². The normalized spacial score (nSPS) is 11.6. The van der Waals surface area contributed by atoms with Crippen molar-refractivity contribution in [3.63, 3.8) is 0 Å². The lowest BCUT2D eigenvalue weighted by Gasteiger charge is -2.15. The number of esters is 1. The second-order valence-corrected chi connectivity index (χ2v) is 4.51. The number of benzene rings is 1. The van der Waals surface area contributed by atoms with E-state index in [9.17, 15) is 9.59 Å². The Morgan fingerprint density at radius 1 is 1.29 bits per heavy atom. The zero-order valence-electron chi connectivity index (χ0n) is 12.4. The van der Waals surface area contributed by atoms with Crippen molar-refractivity contribution in [3.8, 4) is 5.75 Å². The molecule has 0 saturated heterocycles. The SMILES string of the molecule is CCOc1ccc(CC(CNC(=O)CN)C(=O)OC)cc1. The number of carbonyl (C=O) groups is 2. The molecule has 0 aromatic heterocycles. The molecule has 6 heteroatoms. The molecule has 1 amide bonds. The maximum Gasteiger partial charge on any atom is 0.310 e. The van der Waals surface area contributed by atoms with Gasteiger partial charge in [-0.15, -0.1) is 0 Å². The standard InChI is InChI=1S/C15H22N2O4/c1-3-21-13-6-4-11(5-7-13)8-12(15(19)20-2)10-17-14(18)9-16/h4-7,12H,3,8-10,16H2,1-2H3,(H,17,18). The van der Waals surface area contributed by atoms with Crippen LogP contribution in [-0.2, 0) is 20.7 Å². The van der Waals surface area contributed by atoms with Gasteiger partial charge in [-0.05, 0) is 31.0 Å². The first-order valence-electron chi connectivity index (χ1n) is 6.87. The van der Waals surface area contributed by atoms with Gasteiger partial charge in [0, 0.05) is 6.54 Å². The fourth-order valence-corrected chi connectivity index (χ4v) is 1.89. The largest absolute Gasteiger partial charge is 0.494 e. The molecule has 0 aliphatic carbocycles. The molecular formula is C15H22N2O4. The molecule has 1 aromatic carbocycles. The van der Waals surface area contributed by atoms with E-state index in [0.29, 0.717) is 13.0 Å². The first-order valence-corrected chi connectivity index (χ1v) is 6.87. The van der Waals surface area contributed by atoms with Crippen molar-refractivity contribution < 1.29 is 19.1 Å². The number of ether oxygens (including phenoxy) is 2. The number of rotatable bonds is 8. The van der Waals surface area contributed by atoms with Crippen LogP contribution >= 0.6 is 0 Å². The molecule has 0 heterocycles. The Bertz CT molecular complexity index is 459. The van der Waals surface area contributed by atoms with Crippen LogP contribution in [0.1, 0.15) is 12.5 Å². The molecule has 6 nitrogen and oxygen atoms in total. The minimum atomic E-state index is -0.441. The smallest absolute Gasteiger partial charge is 0.310 e. The summed E-state index contributed by atoms with van der Waals surface area (Å²) < 4.78 is 10.1. The highest BCUT2D eigenvalue weighted by Gasteiger charge is 2.20. The summed E-state index contributed by atoms with van der Waals surface area (Å²) in [7, 11) is 1.33. The summed E-state index contributed by atoms with van der Waals surface area (Å²) in [4.78, 5) is 22.9. The van der Waals surface area contributed by atoms with Crippen LogP contribution in [0, 0.1) is 5.92 Å². The molecular weight excluding hydrogens is 272 g/mol. The van der Waals surface area contributed by atoms with Gasteiger partial charge in [0.25, 0.3) is 0 Å². The quantitative estimate of drug-likeness (QED) is 0.681. The van der Waals surface area contributed by atoms with Crippen LogP contribution in [0.25, 0.3) is 0 Å². The van der Waals surface area contributed by atoms with Crippen LogP contribution < -0.4 is 15.8 Å². The van der Waals surface area contributed by atoms with Gasteiger partial charge in [0.15, 0.2) is 0 Å². The van der Waals surface area contributed by atoms with E-state index in [1.807, 2.05) is 31.2 Å². The van der Waals surface area contributed by atoms with Crippen molar-refractivity contribution in [1.29, 1.82) is 0 Å². The second kappa shape index (κ2) is 8.97. The summed E-state index contributed by atoms with van der Waals surface area (Å²) in [5.74, 6) is -0.312. The van der Waals surface area contributed by atoms with E-state index < -0.39 is 5.92 Å². The number of nitrogens with two attached hydrogens (primary N) is 1. The average molecular weight is 294 g/mol. The Hall–Kier alpha value is -2.08. The number of carbonyl (C=O) groups excluding carboxylic acids is 2. The van der Waals surface area contributed by atoms with Crippen LogP contribution in [0.5, 0.6) is 5.75 Å². The van der Waals surface area contributed by atoms with Crippen LogP contribution in [-0.4, -0.2) is 38.7 Å². The lowest BCUT2D eigenvalue weighted by Crippen LogP contribution is -2.37. The first-order chi connectivity index (χ1) is 10.1. The Morgan fingerprint density at radius 3 is 2.48 bits per heavy atom. The predicted octanol–water partition coefficient (Wildman–Crippen LogP) is 0.492. The number of methoxy groups -OCH3 is 1. The molecule has 21 heavy (non-hydrogen) atoms. The molecule has 1 aromatic rings. The molecule has 116 valence electrons.